The average molecular weight is 505 g/mol. The van der Waals surface area contributed by atoms with Crippen LogP contribution in [0.3, 0.4) is 0 Å². The van der Waals surface area contributed by atoms with Gasteiger partial charge in [0.15, 0.2) is 0 Å². The van der Waals surface area contributed by atoms with E-state index in [2.05, 4.69) is 18.2 Å². The number of ether oxygens (including phenoxy) is 3. The van der Waals surface area contributed by atoms with Gasteiger partial charge >= 0.3 is 17.8 Å². The highest BCUT2D eigenvalue weighted by molar-refractivity contribution is 5.83. The van der Waals surface area contributed by atoms with Gasteiger partial charge in [-0.15, -0.1) is 0 Å². The largest absolute Gasteiger partial charge is 0.494 e. The lowest BCUT2D eigenvalue weighted by atomic mass is 9.92. The number of fused-ring (bicyclic) bond motifs is 1. The van der Waals surface area contributed by atoms with Crippen molar-refractivity contribution in [2.24, 2.45) is 5.41 Å². The molecule has 1 unspecified atom stereocenters. The molecule has 2 aromatic carbocycles. The van der Waals surface area contributed by atoms with Gasteiger partial charge in [-0.25, -0.2) is 9.59 Å². The first-order chi connectivity index (χ1) is 17.1. The lowest BCUT2D eigenvalue weighted by Crippen LogP contribution is -2.44. The van der Waals surface area contributed by atoms with E-state index in [1.165, 1.54) is 12.1 Å². The Morgan fingerprint density at radius 2 is 1.72 bits per heavy atom. The highest BCUT2D eigenvalue weighted by Gasteiger charge is 2.53. The molecule has 0 amide bonds. The average Bonchev–Trinajstić information content (AvgIpc) is 2.85. The SMILES string of the molecule is C=CC(=O)OCC(C)(COc1ccc2cc(-c3ccc(OCCCC)cc3)c(=O)oc2c1)C(F)(F)F. The van der Waals surface area contributed by atoms with E-state index in [-0.39, 0.29) is 11.3 Å². The van der Waals surface area contributed by atoms with Crippen molar-refractivity contribution in [1.82, 2.24) is 0 Å². The van der Waals surface area contributed by atoms with Gasteiger partial charge in [-0.1, -0.05) is 32.1 Å². The van der Waals surface area contributed by atoms with Crippen LogP contribution in [0.25, 0.3) is 22.1 Å². The van der Waals surface area contributed by atoms with Crippen LogP contribution in [0.1, 0.15) is 26.7 Å². The van der Waals surface area contributed by atoms with Crippen LogP contribution >= 0.6 is 0 Å². The summed E-state index contributed by atoms with van der Waals surface area (Å²) in [5.74, 6) is -0.200. The number of hydrogen-bond donors (Lipinski definition) is 0. The monoisotopic (exact) mass is 504 g/mol. The van der Waals surface area contributed by atoms with Gasteiger partial charge in [0.05, 0.1) is 12.2 Å². The van der Waals surface area contributed by atoms with Gasteiger partial charge in [0, 0.05) is 17.5 Å². The van der Waals surface area contributed by atoms with E-state index in [0.29, 0.717) is 28.9 Å². The lowest BCUT2D eigenvalue weighted by Gasteiger charge is -2.31. The molecule has 0 aliphatic rings. The number of alkyl halides is 3. The molecule has 3 rings (SSSR count). The fourth-order valence-electron chi connectivity index (χ4n) is 3.18. The number of benzene rings is 2. The molecule has 0 saturated heterocycles. The number of carbonyl (C=O) groups excluding carboxylic acids is 1. The van der Waals surface area contributed by atoms with E-state index in [1.807, 2.05) is 0 Å². The van der Waals surface area contributed by atoms with Gasteiger partial charge in [0.1, 0.15) is 35.7 Å². The van der Waals surface area contributed by atoms with Gasteiger partial charge < -0.3 is 18.6 Å². The maximum absolute atomic E-state index is 13.6. The van der Waals surface area contributed by atoms with Gasteiger partial charge in [0.25, 0.3) is 0 Å². The summed E-state index contributed by atoms with van der Waals surface area (Å²) >= 11 is 0. The normalized spacial score (nSPS) is 13.1. The molecular weight excluding hydrogens is 477 g/mol. The second-order valence-electron chi connectivity index (χ2n) is 8.53. The minimum absolute atomic E-state index is 0.0671. The van der Waals surface area contributed by atoms with E-state index in [1.54, 1.807) is 36.4 Å². The summed E-state index contributed by atoms with van der Waals surface area (Å²) in [6, 6.07) is 13.1. The van der Waals surface area contributed by atoms with E-state index < -0.39 is 36.4 Å². The Kier molecular flexibility index (Phi) is 8.45. The third kappa shape index (κ3) is 6.47. The molecule has 0 aliphatic heterocycles. The quantitative estimate of drug-likeness (QED) is 0.132. The third-order valence-electron chi connectivity index (χ3n) is 5.58. The Labute approximate surface area is 206 Å². The zero-order chi connectivity index (χ0) is 26.3. The molecule has 6 nitrogen and oxygen atoms in total. The first-order valence-electron chi connectivity index (χ1n) is 11.4. The Bertz CT molecular complexity index is 1260. The molecule has 0 radical (unpaired) electrons. The Hall–Kier alpha value is -3.75. The van der Waals surface area contributed by atoms with Crippen molar-refractivity contribution in [3.05, 3.63) is 71.6 Å². The van der Waals surface area contributed by atoms with Crippen LogP contribution in [0.15, 0.2) is 70.4 Å². The van der Waals surface area contributed by atoms with Crippen LogP contribution in [0.2, 0.25) is 0 Å². The summed E-state index contributed by atoms with van der Waals surface area (Å²) in [4.78, 5) is 23.9. The number of carbonyl (C=O) groups is 1. The zero-order valence-electron chi connectivity index (χ0n) is 20.0. The highest BCUT2D eigenvalue weighted by atomic mass is 19.4. The van der Waals surface area contributed by atoms with E-state index in [0.717, 1.165) is 25.8 Å². The predicted octanol–water partition coefficient (Wildman–Crippen LogP) is 6.32. The molecule has 36 heavy (non-hydrogen) atoms. The van der Waals surface area contributed by atoms with Crippen LogP contribution < -0.4 is 15.1 Å². The minimum Gasteiger partial charge on any atom is -0.494 e. The highest BCUT2D eigenvalue weighted by Crippen LogP contribution is 2.39. The summed E-state index contributed by atoms with van der Waals surface area (Å²) < 4.78 is 61.9. The maximum Gasteiger partial charge on any atom is 0.400 e. The third-order valence-corrected chi connectivity index (χ3v) is 5.58. The topological polar surface area (TPSA) is 75.0 Å². The molecular formula is C27H27F3O6. The maximum atomic E-state index is 13.6. The molecule has 1 atom stereocenters. The van der Waals surface area contributed by atoms with Crippen molar-refractivity contribution in [2.75, 3.05) is 19.8 Å². The smallest absolute Gasteiger partial charge is 0.400 e. The van der Waals surface area contributed by atoms with Crippen molar-refractivity contribution in [2.45, 2.75) is 32.9 Å². The Morgan fingerprint density at radius 3 is 2.36 bits per heavy atom. The molecule has 0 bridgehead atoms. The van der Waals surface area contributed by atoms with E-state index >= 15 is 0 Å². The predicted molar refractivity (Wildman–Crippen MR) is 129 cm³/mol. The van der Waals surface area contributed by atoms with Gasteiger partial charge in [-0.3, -0.25) is 0 Å². The van der Waals surface area contributed by atoms with Crippen molar-refractivity contribution in [3.63, 3.8) is 0 Å². The van der Waals surface area contributed by atoms with Gasteiger partial charge in [0.2, 0.25) is 0 Å². The molecule has 9 heteroatoms. The van der Waals surface area contributed by atoms with Crippen molar-refractivity contribution in [1.29, 1.82) is 0 Å². The van der Waals surface area contributed by atoms with E-state index in [9.17, 15) is 22.8 Å². The van der Waals surface area contributed by atoms with Crippen molar-refractivity contribution in [3.8, 4) is 22.6 Å². The number of esters is 1. The molecule has 192 valence electrons. The number of halogens is 3. The molecule has 3 aromatic rings. The Morgan fingerprint density at radius 1 is 1.03 bits per heavy atom. The van der Waals surface area contributed by atoms with Gasteiger partial charge in [-0.05, 0) is 49.2 Å². The van der Waals surface area contributed by atoms with E-state index in [4.69, 9.17) is 13.9 Å². The van der Waals surface area contributed by atoms with Crippen LogP contribution in [-0.2, 0) is 9.53 Å². The molecule has 0 fully saturated rings. The molecule has 0 saturated carbocycles. The number of hydrogen-bond acceptors (Lipinski definition) is 6. The fourth-order valence-corrected chi connectivity index (χ4v) is 3.18. The van der Waals surface area contributed by atoms with Gasteiger partial charge in [-0.2, -0.15) is 13.2 Å². The Balaban J connectivity index is 1.78. The van der Waals surface area contributed by atoms with Crippen LogP contribution in [0, 0.1) is 5.41 Å². The number of unbranched alkanes of at least 4 members (excludes halogenated alkanes) is 1. The van der Waals surface area contributed by atoms with Crippen molar-refractivity contribution >= 4 is 16.9 Å². The number of rotatable bonds is 11. The summed E-state index contributed by atoms with van der Waals surface area (Å²) in [6.07, 6.45) is -1.95. The van der Waals surface area contributed by atoms with Crippen LogP contribution in [0.5, 0.6) is 11.5 Å². The van der Waals surface area contributed by atoms with Crippen LogP contribution in [-0.4, -0.2) is 32.0 Å². The molecule has 0 spiro atoms. The molecule has 1 heterocycles. The fraction of sp³-hybridized carbons (Fsp3) is 0.333. The second kappa shape index (κ2) is 11.3. The molecule has 0 aliphatic carbocycles. The zero-order valence-corrected chi connectivity index (χ0v) is 20.0. The summed E-state index contributed by atoms with van der Waals surface area (Å²) in [5.41, 5.74) is -1.92. The minimum atomic E-state index is -4.71. The molecule has 0 N–H and O–H groups in total. The summed E-state index contributed by atoms with van der Waals surface area (Å²) in [5, 5.41) is 0.568. The van der Waals surface area contributed by atoms with Crippen molar-refractivity contribution < 1.29 is 36.6 Å². The first kappa shape index (κ1) is 26.8. The summed E-state index contributed by atoms with van der Waals surface area (Å²) in [6.45, 7) is 4.99. The standard InChI is InChI=1S/C27H27F3O6/c1-4-6-13-33-20-10-7-18(8-11-20)22-14-19-9-12-21(15-23(19)36-25(22)32)34-16-26(3,27(28,29)30)17-35-24(31)5-2/h5,7-12,14-15H,2,4,6,13,16-17H2,1,3H3. The summed E-state index contributed by atoms with van der Waals surface area (Å²) in [7, 11) is 0. The lowest BCUT2D eigenvalue weighted by molar-refractivity contribution is -0.240. The van der Waals surface area contributed by atoms with Crippen LogP contribution in [0.4, 0.5) is 13.2 Å². The first-order valence-corrected chi connectivity index (χ1v) is 11.4. The second-order valence-corrected chi connectivity index (χ2v) is 8.53. The molecule has 1 aromatic heterocycles.